The molecule has 2 aliphatic rings. The third-order valence-corrected chi connectivity index (χ3v) is 10.9. The van der Waals surface area contributed by atoms with Gasteiger partial charge in [-0.1, -0.05) is 102 Å². The highest BCUT2D eigenvalue weighted by atomic mass is 16.2. The number of amides is 2. The average Bonchev–Trinajstić information content (AvgIpc) is 3.96. The highest BCUT2D eigenvalue weighted by Crippen LogP contribution is 2.35. The van der Waals surface area contributed by atoms with E-state index in [2.05, 4.69) is 86.2 Å². The van der Waals surface area contributed by atoms with E-state index >= 15 is 0 Å². The molecule has 2 aliphatic heterocycles. The van der Waals surface area contributed by atoms with Crippen molar-refractivity contribution < 1.29 is 9.59 Å². The zero-order valence-electron chi connectivity index (χ0n) is 29.2. The topological polar surface area (TPSA) is 98.0 Å². The van der Waals surface area contributed by atoms with E-state index in [1.807, 2.05) is 22.2 Å². The Morgan fingerprint density at radius 3 is 1.33 bits per heavy atom. The Morgan fingerprint density at radius 2 is 0.979 bits per heavy atom. The maximum absolute atomic E-state index is 13.1. The molecule has 0 bridgehead atoms. The number of nitrogens with one attached hydrogen (secondary N) is 2. The van der Waals surface area contributed by atoms with Gasteiger partial charge in [0.2, 0.25) is 11.8 Å². The molecular weight excluding hydrogens is 596 g/mol. The number of rotatable bonds is 13. The number of benzene rings is 2. The summed E-state index contributed by atoms with van der Waals surface area (Å²) in [5.74, 6) is 3.19. The molecule has 0 radical (unpaired) electrons. The molecule has 2 fully saturated rings. The average molecular weight is 649 g/mol. The first-order chi connectivity index (χ1) is 23.4. The number of imidazole rings is 2. The second kappa shape index (κ2) is 15.3. The first-order valence-electron chi connectivity index (χ1n) is 18.3. The van der Waals surface area contributed by atoms with Gasteiger partial charge in [-0.15, -0.1) is 0 Å². The molecule has 6 rings (SSSR count). The summed E-state index contributed by atoms with van der Waals surface area (Å²) in [5.41, 5.74) is 6.38. The lowest BCUT2D eigenvalue weighted by Gasteiger charge is -2.25. The molecule has 2 aromatic heterocycles. The normalized spacial score (nSPS) is 18.0. The SMILES string of the molecule is CCC(CC)CC(=O)N1CCC[C@H]1c1ncc(-c2ccc(-c3ccc(-c4cnc([C@@H]5CCCN5C(=O)CC(CC)CC)[nH]4)cc3)cc2)[nH]1. The van der Waals surface area contributed by atoms with E-state index in [0.717, 1.165) is 110 Å². The van der Waals surface area contributed by atoms with Gasteiger partial charge in [-0.3, -0.25) is 9.59 Å². The third kappa shape index (κ3) is 7.27. The lowest BCUT2D eigenvalue weighted by Crippen LogP contribution is -2.32. The van der Waals surface area contributed by atoms with Gasteiger partial charge in [0.25, 0.3) is 0 Å². The number of hydrogen-bond donors (Lipinski definition) is 2. The molecule has 2 N–H and O–H groups in total. The zero-order chi connectivity index (χ0) is 33.6. The molecule has 2 saturated heterocycles. The van der Waals surface area contributed by atoms with Crippen LogP contribution in [0.3, 0.4) is 0 Å². The number of carbonyl (C=O) groups excluding carboxylic acids is 2. The quantitative estimate of drug-likeness (QED) is 0.151. The van der Waals surface area contributed by atoms with Crippen LogP contribution in [0.5, 0.6) is 0 Å². The van der Waals surface area contributed by atoms with Crippen LogP contribution in [-0.2, 0) is 9.59 Å². The maximum atomic E-state index is 13.1. The second-order valence-electron chi connectivity index (χ2n) is 13.8. The molecule has 0 spiro atoms. The van der Waals surface area contributed by atoms with Gasteiger partial charge < -0.3 is 19.8 Å². The summed E-state index contributed by atoms with van der Waals surface area (Å²) in [6, 6.07) is 17.2. The molecule has 2 aromatic carbocycles. The summed E-state index contributed by atoms with van der Waals surface area (Å²) in [6.45, 7) is 10.3. The molecule has 254 valence electrons. The van der Waals surface area contributed by atoms with Crippen molar-refractivity contribution in [3.8, 4) is 33.6 Å². The predicted molar refractivity (Wildman–Crippen MR) is 192 cm³/mol. The summed E-state index contributed by atoms with van der Waals surface area (Å²) in [5, 5.41) is 0. The van der Waals surface area contributed by atoms with Crippen molar-refractivity contribution in [2.75, 3.05) is 13.1 Å². The highest BCUT2D eigenvalue weighted by molar-refractivity contribution is 5.78. The molecule has 2 atom stereocenters. The number of likely N-dealkylation sites (tertiary alicyclic amines) is 2. The Morgan fingerprint density at radius 1 is 0.625 bits per heavy atom. The van der Waals surface area contributed by atoms with E-state index in [0.29, 0.717) is 24.7 Å². The first kappa shape index (κ1) is 33.7. The molecule has 48 heavy (non-hydrogen) atoms. The number of aromatic nitrogens is 4. The lowest BCUT2D eigenvalue weighted by atomic mass is 9.98. The Labute approximate surface area is 285 Å². The fourth-order valence-corrected chi connectivity index (χ4v) is 7.57. The second-order valence-corrected chi connectivity index (χ2v) is 13.8. The van der Waals surface area contributed by atoms with Gasteiger partial charge in [-0.25, -0.2) is 9.97 Å². The molecule has 4 aromatic rings. The zero-order valence-corrected chi connectivity index (χ0v) is 29.2. The van der Waals surface area contributed by atoms with E-state index in [1.54, 1.807) is 0 Å². The van der Waals surface area contributed by atoms with Crippen LogP contribution >= 0.6 is 0 Å². The smallest absolute Gasteiger partial charge is 0.223 e. The predicted octanol–water partition coefficient (Wildman–Crippen LogP) is 9.11. The largest absolute Gasteiger partial charge is 0.340 e. The molecule has 0 saturated carbocycles. The number of aromatic amines is 2. The summed E-state index contributed by atoms with van der Waals surface area (Å²) < 4.78 is 0. The molecule has 8 nitrogen and oxygen atoms in total. The van der Waals surface area contributed by atoms with Crippen molar-refractivity contribution in [1.82, 2.24) is 29.7 Å². The van der Waals surface area contributed by atoms with Gasteiger partial charge in [0.05, 0.1) is 35.9 Å². The Hall–Kier alpha value is -4.20. The van der Waals surface area contributed by atoms with Gasteiger partial charge in [0.15, 0.2) is 0 Å². The summed E-state index contributed by atoms with van der Waals surface area (Å²) in [7, 11) is 0. The lowest BCUT2D eigenvalue weighted by molar-refractivity contribution is -0.134. The van der Waals surface area contributed by atoms with Crippen LogP contribution in [0.4, 0.5) is 0 Å². The van der Waals surface area contributed by atoms with Crippen molar-refractivity contribution in [2.45, 2.75) is 104 Å². The van der Waals surface area contributed by atoms with Crippen LogP contribution in [0.2, 0.25) is 0 Å². The van der Waals surface area contributed by atoms with Crippen LogP contribution in [0.15, 0.2) is 60.9 Å². The van der Waals surface area contributed by atoms with Gasteiger partial charge in [-0.2, -0.15) is 0 Å². The number of nitrogens with zero attached hydrogens (tertiary/aromatic N) is 4. The van der Waals surface area contributed by atoms with Crippen LogP contribution in [0.1, 0.15) is 116 Å². The van der Waals surface area contributed by atoms with Crippen molar-refractivity contribution in [3.05, 3.63) is 72.6 Å². The Bertz CT molecular complexity index is 1520. The molecule has 0 aliphatic carbocycles. The fraction of sp³-hybridized carbons (Fsp3) is 0.500. The number of hydrogen-bond acceptors (Lipinski definition) is 4. The summed E-state index contributed by atoms with van der Waals surface area (Å²) in [6.07, 6.45) is 13.1. The van der Waals surface area contributed by atoms with E-state index in [9.17, 15) is 9.59 Å². The maximum Gasteiger partial charge on any atom is 0.223 e. The van der Waals surface area contributed by atoms with Crippen LogP contribution in [-0.4, -0.2) is 54.6 Å². The summed E-state index contributed by atoms with van der Waals surface area (Å²) in [4.78, 5) is 46.8. The van der Waals surface area contributed by atoms with E-state index in [1.165, 1.54) is 0 Å². The number of H-pyrrole nitrogens is 2. The van der Waals surface area contributed by atoms with Gasteiger partial charge in [0, 0.05) is 25.9 Å². The minimum atomic E-state index is 0.0308. The van der Waals surface area contributed by atoms with Gasteiger partial charge >= 0.3 is 0 Å². The van der Waals surface area contributed by atoms with E-state index in [4.69, 9.17) is 9.97 Å². The van der Waals surface area contributed by atoms with Crippen molar-refractivity contribution in [2.24, 2.45) is 11.8 Å². The standard InChI is InChI=1S/C40H52N6O2/c1-5-27(6-2)23-37(47)45-21-9-11-35(45)39-41-25-33(43-39)31-17-13-29(14-18-31)30-15-19-32(20-16-30)34-26-42-40(44-34)36-12-10-22-46(36)38(48)24-28(7-3)8-4/h13-20,25-28,35-36H,5-12,21-24H2,1-4H3,(H,41,43)(H,42,44)/t35-,36-/m0/s1. The van der Waals surface area contributed by atoms with E-state index < -0.39 is 0 Å². The Balaban J connectivity index is 1.09. The monoisotopic (exact) mass is 648 g/mol. The van der Waals surface area contributed by atoms with Crippen LogP contribution < -0.4 is 0 Å². The molecule has 4 heterocycles. The first-order valence-corrected chi connectivity index (χ1v) is 18.3. The summed E-state index contributed by atoms with van der Waals surface area (Å²) >= 11 is 0. The minimum absolute atomic E-state index is 0.0308. The number of carbonyl (C=O) groups is 2. The highest BCUT2D eigenvalue weighted by Gasteiger charge is 2.34. The van der Waals surface area contributed by atoms with Gasteiger partial charge in [-0.05, 0) is 59.8 Å². The van der Waals surface area contributed by atoms with Crippen molar-refractivity contribution in [1.29, 1.82) is 0 Å². The molecule has 2 amide bonds. The molecule has 8 heteroatoms. The van der Waals surface area contributed by atoms with Crippen LogP contribution in [0, 0.1) is 11.8 Å². The Kier molecular flexibility index (Phi) is 10.8. The minimum Gasteiger partial charge on any atom is -0.340 e. The van der Waals surface area contributed by atoms with E-state index in [-0.39, 0.29) is 23.9 Å². The molecule has 0 unspecified atom stereocenters. The third-order valence-electron chi connectivity index (χ3n) is 10.9. The van der Waals surface area contributed by atoms with Gasteiger partial charge in [0.1, 0.15) is 11.6 Å². The van der Waals surface area contributed by atoms with Crippen molar-refractivity contribution in [3.63, 3.8) is 0 Å². The van der Waals surface area contributed by atoms with Crippen molar-refractivity contribution >= 4 is 11.8 Å². The molecular formula is C40H52N6O2. The fourth-order valence-electron chi connectivity index (χ4n) is 7.57. The van der Waals surface area contributed by atoms with Crippen LogP contribution in [0.25, 0.3) is 33.6 Å².